The summed E-state index contributed by atoms with van der Waals surface area (Å²) in [5.41, 5.74) is -0.979. The topological polar surface area (TPSA) is 113 Å². The number of imide groups is 1. The van der Waals surface area contributed by atoms with Crippen LogP contribution in [0.15, 0.2) is 36.4 Å². The van der Waals surface area contributed by atoms with E-state index in [1.165, 1.54) is 30.3 Å². The molecule has 11 heteroatoms. The van der Waals surface area contributed by atoms with Gasteiger partial charge in [0.2, 0.25) is 17.7 Å². The van der Waals surface area contributed by atoms with Gasteiger partial charge in [-0.2, -0.15) is 0 Å². The Morgan fingerprint density at radius 1 is 1.15 bits per heavy atom. The minimum absolute atomic E-state index is 0.0317. The molecule has 2 aromatic rings. The number of fused-ring (bicyclic) bond motifs is 7. The maximum Gasteiger partial charge on any atom is 0.271 e. The number of benzene rings is 2. The first-order valence-corrected chi connectivity index (χ1v) is 10.8. The van der Waals surface area contributed by atoms with E-state index in [0.29, 0.717) is 24.2 Å². The number of rotatable bonds is 2. The summed E-state index contributed by atoms with van der Waals surface area (Å²) in [7, 11) is 0. The van der Waals surface area contributed by atoms with Gasteiger partial charge in [0.05, 0.1) is 27.5 Å². The molecule has 3 saturated heterocycles. The minimum Gasteiger partial charge on any atom is -0.324 e. The summed E-state index contributed by atoms with van der Waals surface area (Å²) in [6.45, 7) is 0.500. The van der Waals surface area contributed by atoms with Crippen molar-refractivity contribution in [2.45, 2.75) is 24.4 Å². The van der Waals surface area contributed by atoms with Crippen molar-refractivity contribution in [1.29, 1.82) is 0 Å². The zero-order valence-corrected chi connectivity index (χ0v) is 17.7. The number of non-ortho nitro benzene ring substituents is 1. The Morgan fingerprint density at radius 3 is 2.67 bits per heavy atom. The largest absolute Gasteiger partial charge is 0.324 e. The van der Waals surface area contributed by atoms with Crippen LogP contribution in [0.3, 0.4) is 0 Å². The van der Waals surface area contributed by atoms with E-state index in [1.807, 2.05) is 4.90 Å². The number of anilines is 2. The van der Waals surface area contributed by atoms with E-state index in [2.05, 4.69) is 5.32 Å². The van der Waals surface area contributed by atoms with Crippen LogP contribution in [0.4, 0.5) is 21.5 Å². The molecule has 4 aliphatic heterocycles. The zero-order valence-electron chi connectivity index (χ0n) is 17.0. The van der Waals surface area contributed by atoms with Gasteiger partial charge in [0.1, 0.15) is 11.4 Å². The predicted molar refractivity (Wildman–Crippen MR) is 114 cm³/mol. The van der Waals surface area contributed by atoms with Gasteiger partial charge in [-0.25, -0.2) is 9.29 Å². The third-order valence-electron chi connectivity index (χ3n) is 7.34. The fourth-order valence-corrected chi connectivity index (χ4v) is 6.46. The molecule has 0 aliphatic carbocycles. The molecule has 9 nitrogen and oxygen atoms in total. The molecule has 6 rings (SSSR count). The van der Waals surface area contributed by atoms with Crippen LogP contribution in [-0.4, -0.2) is 40.1 Å². The number of hydrogen-bond acceptors (Lipinski definition) is 6. The molecule has 0 unspecified atom stereocenters. The lowest BCUT2D eigenvalue weighted by Crippen LogP contribution is -2.54. The molecule has 33 heavy (non-hydrogen) atoms. The lowest BCUT2D eigenvalue weighted by molar-refractivity contribution is -0.384. The molecule has 168 valence electrons. The van der Waals surface area contributed by atoms with Crippen molar-refractivity contribution in [2.75, 3.05) is 16.8 Å². The number of carbonyl (C=O) groups is 3. The molecule has 4 aliphatic rings. The number of nitro groups is 1. The molecule has 4 atom stereocenters. The molecular formula is C22H16ClFN4O5. The molecule has 0 radical (unpaired) electrons. The number of hydrogen-bond donors (Lipinski definition) is 1. The summed E-state index contributed by atoms with van der Waals surface area (Å²) in [6.07, 6.45) is 1.34. The Hall–Kier alpha value is -3.37. The summed E-state index contributed by atoms with van der Waals surface area (Å²) < 4.78 is 14.3. The smallest absolute Gasteiger partial charge is 0.271 e. The van der Waals surface area contributed by atoms with E-state index in [0.717, 1.165) is 17.4 Å². The van der Waals surface area contributed by atoms with Gasteiger partial charge in [-0.1, -0.05) is 11.6 Å². The van der Waals surface area contributed by atoms with Crippen LogP contribution in [-0.2, 0) is 19.9 Å². The van der Waals surface area contributed by atoms with E-state index in [4.69, 9.17) is 11.6 Å². The van der Waals surface area contributed by atoms with E-state index < -0.39 is 45.8 Å². The Kier molecular flexibility index (Phi) is 4.04. The van der Waals surface area contributed by atoms with Crippen molar-refractivity contribution >= 4 is 46.4 Å². The molecular weight excluding hydrogens is 455 g/mol. The minimum atomic E-state index is -1.50. The van der Waals surface area contributed by atoms with Gasteiger partial charge in [-0.05, 0) is 43.7 Å². The van der Waals surface area contributed by atoms with Gasteiger partial charge in [-0.15, -0.1) is 0 Å². The van der Waals surface area contributed by atoms with Crippen LogP contribution in [0.2, 0.25) is 5.02 Å². The number of amides is 3. The number of nitro benzene ring substituents is 1. The average molecular weight is 471 g/mol. The summed E-state index contributed by atoms with van der Waals surface area (Å²) in [5.74, 6) is -4.01. The van der Waals surface area contributed by atoms with Crippen molar-refractivity contribution < 1.29 is 23.7 Å². The molecule has 3 fully saturated rings. The van der Waals surface area contributed by atoms with Gasteiger partial charge in [0.25, 0.3) is 5.69 Å². The zero-order chi connectivity index (χ0) is 23.2. The van der Waals surface area contributed by atoms with Crippen LogP contribution in [0.25, 0.3) is 0 Å². The normalized spacial score (nSPS) is 30.1. The molecule has 4 heterocycles. The standard InChI is InChI=1S/C22H16ClFN4O5/c23-13-9-11(28(32)33)4-6-15(13)27-19(29)17-16-2-1-7-26(16)22(18(17)20(27)30)12-8-10(24)3-5-14(12)25-21(22)31/h3-6,8-9,16-18H,1-2,7H2,(H,25,31)/t16-,17+,18+,22-/m1/s1. The molecule has 1 N–H and O–H groups in total. The van der Waals surface area contributed by atoms with Crippen molar-refractivity contribution in [2.24, 2.45) is 11.8 Å². The second kappa shape index (κ2) is 6.58. The highest BCUT2D eigenvalue weighted by Gasteiger charge is 2.74. The first-order chi connectivity index (χ1) is 15.8. The second-order valence-corrected chi connectivity index (χ2v) is 9.13. The highest BCUT2D eigenvalue weighted by atomic mass is 35.5. The Bertz CT molecular complexity index is 1300. The van der Waals surface area contributed by atoms with Crippen LogP contribution >= 0.6 is 11.6 Å². The maximum atomic E-state index is 14.3. The number of carbonyl (C=O) groups excluding carboxylic acids is 3. The average Bonchev–Trinajstić information content (AvgIpc) is 3.47. The van der Waals surface area contributed by atoms with Gasteiger partial charge >= 0.3 is 0 Å². The lowest BCUT2D eigenvalue weighted by atomic mass is 9.75. The molecule has 0 saturated carbocycles. The van der Waals surface area contributed by atoms with Crippen LogP contribution in [0, 0.1) is 27.8 Å². The summed E-state index contributed by atoms with van der Waals surface area (Å²) in [6, 6.07) is 7.09. The highest BCUT2D eigenvalue weighted by Crippen LogP contribution is 2.61. The predicted octanol–water partition coefficient (Wildman–Crippen LogP) is 2.82. The van der Waals surface area contributed by atoms with Crippen molar-refractivity contribution in [3.63, 3.8) is 0 Å². The van der Waals surface area contributed by atoms with Gasteiger partial charge in [0.15, 0.2) is 0 Å². The van der Waals surface area contributed by atoms with Gasteiger partial charge < -0.3 is 5.32 Å². The molecule has 0 bridgehead atoms. The Balaban J connectivity index is 1.53. The third kappa shape index (κ3) is 2.37. The molecule has 3 amide bonds. The number of nitrogens with one attached hydrogen (secondary N) is 1. The van der Waals surface area contributed by atoms with Gasteiger partial charge in [-0.3, -0.25) is 29.4 Å². The molecule has 1 spiro atoms. The summed E-state index contributed by atoms with van der Waals surface area (Å²) in [5, 5.41) is 13.7. The van der Waals surface area contributed by atoms with Gasteiger partial charge in [0, 0.05) is 29.4 Å². The first-order valence-electron chi connectivity index (χ1n) is 10.5. The first kappa shape index (κ1) is 20.3. The second-order valence-electron chi connectivity index (χ2n) is 8.72. The van der Waals surface area contributed by atoms with Crippen molar-refractivity contribution in [3.8, 4) is 0 Å². The fraction of sp³-hybridized carbons (Fsp3) is 0.318. The van der Waals surface area contributed by atoms with E-state index in [9.17, 15) is 28.9 Å². The number of halogens is 2. The van der Waals surface area contributed by atoms with E-state index >= 15 is 0 Å². The fourth-order valence-electron chi connectivity index (χ4n) is 6.20. The van der Waals surface area contributed by atoms with Crippen LogP contribution in [0.1, 0.15) is 18.4 Å². The van der Waals surface area contributed by atoms with Crippen molar-refractivity contribution in [3.05, 3.63) is 62.9 Å². The summed E-state index contributed by atoms with van der Waals surface area (Å²) >= 11 is 6.24. The van der Waals surface area contributed by atoms with E-state index in [1.54, 1.807) is 0 Å². The van der Waals surface area contributed by atoms with E-state index in [-0.39, 0.29) is 22.4 Å². The Morgan fingerprint density at radius 2 is 1.94 bits per heavy atom. The monoisotopic (exact) mass is 470 g/mol. The number of nitrogens with zero attached hydrogens (tertiary/aromatic N) is 3. The quantitative estimate of drug-likeness (QED) is 0.410. The Labute approximate surface area is 191 Å². The third-order valence-corrected chi connectivity index (χ3v) is 7.64. The lowest BCUT2D eigenvalue weighted by Gasteiger charge is -2.36. The molecule has 2 aromatic carbocycles. The highest BCUT2D eigenvalue weighted by molar-refractivity contribution is 6.36. The van der Waals surface area contributed by atoms with Crippen molar-refractivity contribution in [1.82, 2.24) is 4.90 Å². The van der Waals surface area contributed by atoms with Crippen LogP contribution in [0.5, 0.6) is 0 Å². The summed E-state index contributed by atoms with van der Waals surface area (Å²) in [4.78, 5) is 54.2. The SMILES string of the molecule is O=C1[C@H]2[C@H]3CCCN3[C@@]3(C(=O)Nc4ccc(F)cc43)[C@@H]2C(=O)N1c1ccc([N+](=O)[O-])cc1Cl. The molecule has 0 aromatic heterocycles. The van der Waals surface area contributed by atoms with Crippen LogP contribution < -0.4 is 10.2 Å². The maximum absolute atomic E-state index is 14.3.